The normalized spacial score (nSPS) is 13.1. The second-order valence-corrected chi connectivity index (χ2v) is 7.95. The highest BCUT2D eigenvalue weighted by Gasteiger charge is 2.39. The SMILES string of the molecule is CCCc1nnc(SCC(=O)c2ccc(C)cc2)n1N1C(=O)c2ccccc2C1=O. The molecule has 8 heteroatoms. The Labute approximate surface area is 178 Å². The molecule has 152 valence electrons. The minimum Gasteiger partial charge on any atom is -0.293 e. The molecule has 2 aromatic carbocycles. The molecular weight excluding hydrogens is 400 g/mol. The fraction of sp³-hybridized carbons (Fsp3) is 0.227. The summed E-state index contributed by atoms with van der Waals surface area (Å²) >= 11 is 1.16. The van der Waals surface area contributed by atoms with Crippen molar-refractivity contribution in [3.63, 3.8) is 0 Å². The zero-order chi connectivity index (χ0) is 21.3. The molecule has 1 aromatic heterocycles. The van der Waals surface area contributed by atoms with Gasteiger partial charge in [0, 0.05) is 12.0 Å². The summed E-state index contributed by atoms with van der Waals surface area (Å²) in [7, 11) is 0. The molecule has 0 saturated carbocycles. The van der Waals surface area contributed by atoms with Gasteiger partial charge >= 0.3 is 0 Å². The first-order valence-electron chi connectivity index (χ1n) is 9.66. The van der Waals surface area contributed by atoms with E-state index >= 15 is 0 Å². The van der Waals surface area contributed by atoms with Crippen molar-refractivity contribution in [2.75, 3.05) is 10.8 Å². The predicted molar refractivity (Wildman–Crippen MR) is 114 cm³/mol. The molecule has 1 aliphatic rings. The maximum Gasteiger partial charge on any atom is 0.281 e. The zero-order valence-electron chi connectivity index (χ0n) is 16.7. The average molecular weight is 420 g/mol. The zero-order valence-corrected chi connectivity index (χ0v) is 17.5. The molecule has 3 aromatic rings. The smallest absolute Gasteiger partial charge is 0.281 e. The molecule has 4 rings (SSSR count). The van der Waals surface area contributed by atoms with Crippen LogP contribution < -0.4 is 5.01 Å². The number of hydrogen-bond acceptors (Lipinski definition) is 6. The van der Waals surface area contributed by atoms with Gasteiger partial charge in [0.25, 0.3) is 11.8 Å². The number of ketones is 1. The van der Waals surface area contributed by atoms with Gasteiger partial charge < -0.3 is 0 Å². The van der Waals surface area contributed by atoms with Gasteiger partial charge in [0.2, 0.25) is 5.16 Å². The lowest BCUT2D eigenvalue weighted by Gasteiger charge is -2.18. The molecule has 0 saturated heterocycles. The summed E-state index contributed by atoms with van der Waals surface area (Å²) in [5.41, 5.74) is 2.39. The van der Waals surface area contributed by atoms with Gasteiger partial charge in [-0.3, -0.25) is 14.4 Å². The minimum absolute atomic E-state index is 0.0612. The second-order valence-electron chi connectivity index (χ2n) is 7.01. The van der Waals surface area contributed by atoms with Crippen LogP contribution in [0.15, 0.2) is 53.7 Å². The number of nitrogens with zero attached hydrogens (tertiary/aromatic N) is 4. The Hall–Kier alpha value is -3.26. The summed E-state index contributed by atoms with van der Waals surface area (Å²) in [5.74, 6) is -0.263. The molecule has 0 N–H and O–H groups in total. The molecule has 1 aliphatic heterocycles. The molecule has 0 spiro atoms. The van der Waals surface area contributed by atoms with E-state index in [4.69, 9.17) is 0 Å². The van der Waals surface area contributed by atoms with Gasteiger partial charge in [-0.2, -0.15) is 5.01 Å². The van der Waals surface area contributed by atoms with Crippen LogP contribution in [-0.2, 0) is 6.42 Å². The highest BCUT2D eigenvalue weighted by atomic mass is 32.2. The molecule has 0 bridgehead atoms. The van der Waals surface area contributed by atoms with Gasteiger partial charge in [-0.1, -0.05) is 60.6 Å². The van der Waals surface area contributed by atoms with Crippen LogP contribution in [0, 0.1) is 6.92 Å². The van der Waals surface area contributed by atoms with Crippen molar-refractivity contribution in [1.29, 1.82) is 0 Å². The average Bonchev–Trinajstić information content (AvgIpc) is 3.25. The molecular formula is C22H20N4O3S. The molecule has 2 heterocycles. The van der Waals surface area contributed by atoms with Crippen molar-refractivity contribution in [2.45, 2.75) is 31.8 Å². The van der Waals surface area contributed by atoms with Crippen LogP contribution in [0.5, 0.6) is 0 Å². The van der Waals surface area contributed by atoms with Crippen LogP contribution in [0.4, 0.5) is 0 Å². The van der Waals surface area contributed by atoms with Crippen molar-refractivity contribution in [3.8, 4) is 0 Å². The van der Waals surface area contributed by atoms with Gasteiger partial charge in [0.1, 0.15) is 0 Å². The molecule has 0 atom stereocenters. The summed E-state index contributed by atoms with van der Waals surface area (Å²) < 4.78 is 1.46. The van der Waals surface area contributed by atoms with Crippen LogP contribution in [0.2, 0.25) is 0 Å². The van der Waals surface area contributed by atoms with E-state index in [-0.39, 0.29) is 11.5 Å². The third-order valence-corrected chi connectivity index (χ3v) is 5.75. The van der Waals surface area contributed by atoms with Crippen molar-refractivity contribution in [1.82, 2.24) is 14.9 Å². The van der Waals surface area contributed by atoms with Gasteiger partial charge in [-0.15, -0.1) is 10.2 Å². The van der Waals surface area contributed by atoms with E-state index in [2.05, 4.69) is 10.2 Å². The lowest BCUT2D eigenvalue weighted by Crippen LogP contribution is -2.41. The molecule has 30 heavy (non-hydrogen) atoms. The second kappa shape index (κ2) is 8.23. The summed E-state index contributed by atoms with van der Waals surface area (Å²) in [6.07, 6.45) is 1.32. The van der Waals surface area contributed by atoms with E-state index in [1.54, 1.807) is 36.4 Å². The number of carbonyl (C=O) groups excluding carboxylic acids is 3. The van der Waals surface area contributed by atoms with Crippen molar-refractivity contribution < 1.29 is 14.4 Å². The fourth-order valence-corrected chi connectivity index (χ4v) is 4.11. The molecule has 0 radical (unpaired) electrons. The number of aromatic nitrogens is 3. The number of imide groups is 1. The monoisotopic (exact) mass is 420 g/mol. The largest absolute Gasteiger partial charge is 0.293 e. The summed E-state index contributed by atoms with van der Waals surface area (Å²) in [6.45, 7) is 3.94. The molecule has 0 unspecified atom stereocenters. The predicted octanol–water partition coefficient (Wildman–Crippen LogP) is 3.45. The number of aryl methyl sites for hydroxylation is 2. The van der Waals surface area contributed by atoms with Crippen molar-refractivity contribution in [2.24, 2.45) is 0 Å². The Morgan fingerprint density at radius 1 is 0.967 bits per heavy atom. The quantitative estimate of drug-likeness (QED) is 0.331. The van der Waals surface area contributed by atoms with Crippen molar-refractivity contribution >= 4 is 29.4 Å². The number of hydrogen-bond donors (Lipinski definition) is 0. The first-order valence-corrected chi connectivity index (χ1v) is 10.6. The van der Waals surface area contributed by atoms with E-state index in [9.17, 15) is 14.4 Å². The number of rotatable bonds is 7. The maximum atomic E-state index is 13.0. The van der Waals surface area contributed by atoms with Gasteiger partial charge in [0.05, 0.1) is 16.9 Å². The summed E-state index contributed by atoms with van der Waals surface area (Å²) in [5, 5.41) is 9.77. The highest BCUT2D eigenvalue weighted by molar-refractivity contribution is 7.99. The maximum absolute atomic E-state index is 13.0. The standard InChI is InChI=1S/C22H20N4O3S/c1-3-6-19-23-24-22(30-13-18(27)15-11-9-14(2)10-12-15)25(19)26-20(28)16-7-4-5-8-17(16)21(26)29/h4-5,7-12H,3,6,13H2,1-2H3. The Bertz CT molecular complexity index is 1100. The van der Waals surface area contributed by atoms with Gasteiger partial charge in [-0.05, 0) is 25.5 Å². The van der Waals surface area contributed by atoms with Gasteiger partial charge in [-0.25, -0.2) is 4.68 Å². The van der Waals surface area contributed by atoms with E-state index in [0.29, 0.717) is 34.1 Å². The van der Waals surface area contributed by atoms with E-state index in [1.165, 1.54) is 4.68 Å². The number of carbonyl (C=O) groups is 3. The first kappa shape index (κ1) is 20.0. The number of thioether (sulfide) groups is 1. The number of amides is 2. The van der Waals surface area contributed by atoms with Crippen LogP contribution in [0.1, 0.15) is 55.8 Å². The molecule has 0 fully saturated rings. The third-order valence-electron chi connectivity index (χ3n) is 4.83. The molecule has 0 aliphatic carbocycles. The Balaban J connectivity index is 1.63. The lowest BCUT2D eigenvalue weighted by molar-refractivity contribution is 0.0879. The molecule has 2 amide bonds. The van der Waals surface area contributed by atoms with E-state index in [1.807, 2.05) is 26.0 Å². The topological polar surface area (TPSA) is 85.2 Å². The fourth-order valence-electron chi connectivity index (χ4n) is 3.28. The Morgan fingerprint density at radius 3 is 2.20 bits per heavy atom. The van der Waals surface area contributed by atoms with Gasteiger partial charge in [0.15, 0.2) is 11.6 Å². The minimum atomic E-state index is -0.417. The van der Waals surface area contributed by atoms with E-state index < -0.39 is 11.8 Å². The third kappa shape index (κ3) is 3.54. The number of benzene rings is 2. The number of Topliss-reactive ketones (excluding diaryl/α,β-unsaturated/α-hetero) is 1. The van der Waals surface area contributed by atoms with Crippen LogP contribution >= 0.6 is 11.8 Å². The van der Waals surface area contributed by atoms with Crippen LogP contribution in [-0.4, -0.2) is 38.2 Å². The first-order chi connectivity index (χ1) is 14.5. The Morgan fingerprint density at radius 2 is 1.60 bits per heavy atom. The Kier molecular flexibility index (Phi) is 5.50. The highest BCUT2D eigenvalue weighted by Crippen LogP contribution is 2.26. The van der Waals surface area contributed by atoms with Crippen molar-refractivity contribution in [3.05, 3.63) is 76.6 Å². The van der Waals surface area contributed by atoms with Crippen LogP contribution in [0.3, 0.4) is 0 Å². The molecule has 7 nitrogen and oxygen atoms in total. The summed E-state index contributed by atoms with van der Waals surface area (Å²) in [6, 6.07) is 14.1. The van der Waals surface area contributed by atoms with E-state index in [0.717, 1.165) is 28.8 Å². The summed E-state index contributed by atoms with van der Waals surface area (Å²) in [4.78, 5) is 38.5. The lowest BCUT2D eigenvalue weighted by atomic mass is 10.1. The number of fused-ring (bicyclic) bond motifs is 1. The van der Waals surface area contributed by atoms with Crippen LogP contribution in [0.25, 0.3) is 0 Å².